The molecular formula is C15H17N5O. The molecule has 0 aliphatic heterocycles. The fourth-order valence-corrected chi connectivity index (χ4v) is 2.11. The molecular weight excluding hydrogens is 266 g/mol. The van der Waals surface area contributed by atoms with Gasteiger partial charge in [0.2, 0.25) is 0 Å². The van der Waals surface area contributed by atoms with Crippen LogP contribution in [0.25, 0.3) is 5.69 Å². The predicted molar refractivity (Wildman–Crippen MR) is 80.2 cm³/mol. The molecule has 1 aromatic carbocycles. The zero-order chi connectivity index (χ0) is 14.5. The molecule has 2 heterocycles. The molecule has 0 aliphatic rings. The van der Waals surface area contributed by atoms with Gasteiger partial charge < -0.3 is 15.0 Å². The van der Waals surface area contributed by atoms with Gasteiger partial charge in [-0.3, -0.25) is 0 Å². The number of aliphatic hydroxyl groups is 1. The van der Waals surface area contributed by atoms with E-state index < -0.39 is 0 Å². The van der Waals surface area contributed by atoms with E-state index in [1.165, 1.54) is 0 Å². The molecule has 0 spiro atoms. The first-order valence-corrected chi connectivity index (χ1v) is 6.82. The van der Waals surface area contributed by atoms with E-state index >= 15 is 0 Å². The van der Waals surface area contributed by atoms with E-state index in [9.17, 15) is 0 Å². The fourth-order valence-electron chi connectivity index (χ4n) is 2.11. The first-order chi connectivity index (χ1) is 10.3. The zero-order valence-corrected chi connectivity index (χ0v) is 11.6. The minimum absolute atomic E-state index is 0.0646. The van der Waals surface area contributed by atoms with Gasteiger partial charge in [0, 0.05) is 23.8 Å². The molecule has 0 aliphatic carbocycles. The highest BCUT2D eigenvalue weighted by Crippen LogP contribution is 2.15. The Hall–Kier alpha value is -2.60. The number of anilines is 1. The zero-order valence-electron chi connectivity index (χ0n) is 11.6. The Balaban J connectivity index is 1.66. The normalized spacial score (nSPS) is 10.7. The summed E-state index contributed by atoms with van der Waals surface area (Å²) in [6.45, 7) is 1.13. The quantitative estimate of drug-likeness (QED) is 0.722. The summed E-state index contributed by atoms with van der Waals surface area (Å²) in [5, 5.41) is 20.2. The summed E-state index contributed by atoms with van der Waals surface area (Å²) >= 11 is 0. The molecule has 0 atom stereocenters. The lowest BCUT2D eigenvalue weighted by molar-refractivity contribution is 0.268. The highest BCUT2D eigenvalue weighted by atomic mass is 16.3. The number of aromatic nitrogens is 4. The minimum Gasteiger partial charge on any atom is -0.394 e. The predicted octanol–water partition coefficient (Wildman–Crippen LogP) is 1.67. The van der Waals surface area contributed by atoms with Gasteiger partial charge in [-0.25, -0.2) is 4.68 Å². The Bertz CT molecular complexity index is 690. The summed E-state index contributed by atoms with van der Waals surface area (Å²) in [6.07, 6.45) is 5.86. The van der Waals surface area contributed by atoms with Crippen molar-refractivity contribution in [3.05, 3.63) is 60.7 Å². The number of aliphatic hydroxyl groups excluding tert-OH is 1. The van der Waals surface area contributed by atoms with Crippen LogP contribution in [-0.4, -0.2) is 31.3 Å². The van der Waals surface area contributed by atoms with Crippen molar-refractivity contribution in [2.75, 3.05) is 11.9 Å². The van der Waals surface area contributed by atoms with Crippen LogP contribution in [0, 0.1) is 0 Å². The molecule has 3 rings (SSSR count). The summed E-state index contributed by atoms with van der Waals surface area (Å²) in [6, 6.07) is 12.2. The Morgan fingerprint density at radius 2 is 2.00 bits per heavy atom. The number of hydrogen-bond donors (Lipinski definition) is 2. The van der Waals surface area contributed by atoms with E-state index in [0.717, 1.165) is 17.1 Å². The van der Waals surface area contributed by atoms with Crippen molar-refractivity contribution < 1.29 is 5.11 Å². The molecule has 6 nitrogen and oxygen atoms in total. The van der Waals surface area contributed by atoms with Crippen molar-refractivity contribution >= 4 is 5.69 Å². The highest BCUT2D eigenvalue weighted by Gasteiger charge is 2.01. The van der Waals surface area contributed by atoms with Crippen molar-refractivity contribution in [3.63, 3.8) is 0 Å². The van der Waals surface area contributed by atoms with E-state index in [4.69, 9.17) is 5.11 Å². The van der Waals surface area contributed by atoms with Crippen LogP contribution in [0.5, 0.6) is 0 Å². The Kier molecular flexibility index (Phi) is 3.97. The van der Waals surface area contributed by atoms with Gasteiger partial charge in [-0.05, 0) is 30.3 Å². The number of benzene rings is 1. The van der Waals surface area contributed by atoms with Gasteiger partial charge in [-0.15, -0.1) is 5.10 Å². The molecule has 0 unspecified atom stereocenters. The van der Waals surface area contributed by atoms with E-state index in [1.54, 1.807) is 4.68 Å². The standard InChI is InChI=1S/C15H17N5O/c21-9-8-20-12-14(17-18-20)11-16-13-4-3-5-15(10-13)19-6-1-2-7-19/h1-7,10,12,16,21H,8-9,11H2. The van der Waals surface area contributed by atoms with E-state index in [2.05, 4.69) is 32.3 Å². The van der Waals surface area contributed by atoms with Crippen LogP contribution < -0.4 is 5.32 Å². The monoisotopic (exact) mass is 283 g/mol. The lowest BCUT2D eigenvalue weighted by atomic mass is 10.2. The van der Waals surface area contributed by atoms with Crippen LogP contribution in [0.15, 0.2) is 55.0 Å². The molecule has 0 bridgehead atoms. The number of nitrogens with zero attached hydrogens (tertiary/aromatic N) is 4. The maximum atomic E-state index is 8.85. The van der Waals surface area contributed by atoms with Crippen LogP contribution in [0.2, 0.25) is 0 Å². The van der Waals surface area contributed by atoms with Crippen molar-refractivity contribution in [1.82, 2.24) is 19.6 Å². The Labute approximate surface area is 122 Å². The third-order valence-electron chi connectivity index (χ3n) is 3.14. The summed E-state index contributed by atoms with van der Waals surface area (Å²) in [5.41, 5.74) is 2.97. The molecule has 0 saturated heterocycles. The van der Waals surface area contributed by atoms with E-state index in [-0.39, 0.29) is 6.61 Å². The van der Waals surface area contributed by atoms with Crippen molar-refractivity contribution in [3.8, 4) is 5.69 Å². The maximum absolute atomic E-state index is 8.85. The van der Waals surface area contributed by atoms with Crippen molar-refractivity contribution in [2.45, 2.75) is 13.1 Å². The second-order valence-corrected chi connectivity index (χ2v) is 4.69. The smallest absolute Gasteiger partial charge is 0.102 e. The number of nitrogens with one attached hydrogen (secondary N) is 1. The molecule has 2 aromatic heterocycles. The topological polar surface area (TPSA) is 67.9 Å². The average molecular weight is 283 g/mol. The van der Waals surface area contributed by atoms with Crippen LogP contribution in [0.3, 0.4) is 0 Å². The largest absolute Gasteiger partial charge is 0.394 e. The van der Waals surface area contributed by atoms with Crippen LogP contribution in [0.1, 0.15) is 5.69 Å². The van der Waals surface area contributed by atoms with Crippen molar-refractivity contribution in [2.24, 2.45) is 0 Å². The first kappa shape index (κ1) is 13.4. The lowest BCUT2D eigenvalue weighted by Crippen LogP contribution is -2.02. The molecule has 6 heteroatoms. The second-order valence-electron chi connectivity index (χ2n) is 4.69. The summed E-state index contributed by atoms with van der Waals surface area (Å²) in [5.74, 6) is 0. The molecule has 2 N–H and O–H groups in total. The van der Waals surface area contributed by atoms with Crippen molar-refractivity contribution in [1.29, 1.82) is 0 Å². The second kappa shape index (κ2) is 6.23. The third kappa shape index (κ3) is 3.29. The Morgan fingerprint density at radius 3 is 2.81 bits per heavy atom. The van der Waals surface area contributed by atoms with Gasteiger partial charge in [0.25, 0.3) is 0 Å². The Morgan fingerprint density at radius 1 is 1.14 bits per heavy atom. The molecule has 108 valence electrons. The number of hydrogen-bond acceptors (Lipinski definition) is 4. The molecule has 0 radical (unpaired) electrons. The van der Waals surface area contributed by atoms with Gasteiger partial charge >= 0.3 is 0 Å². The fraction of sp³-hybridized carbons (Fsp3) is 0.200. The SMILES string of the molecule is OCCn1cc(CNc2cccc(-n3cccc3)c2)nn1. The van der Waals surface area contributed by atoms with E-state index in [0.29, 0.717) is 13.1 Å². The van der Waals surface area contributed by atoms with Gasteiger partial charge in [0.15, 0.2) is 0 Å². The molecule has 0 fully saturated rings. The van der Waals surface area contributed by atoms with Crippen LogP contribution in [0.4, 0.5) is 5.69 Å². The molecule has 0 amide bonds. The van der Waals surface area contributed by atoms with Crippen LogP contribution in [-0.2, 0) is 13.1 Å². The minimum atomic E-state index is 0.0646. The summed E-state index contributed by atoms with van der Waals surface area (Å²) in [7, 11) is 0. The summed E-state index contributed by atoms with van der Waals surface area (Å²) < 4.78 is 3.69. The van der Waals surface area contributed by atoms with Gasteiger partial charge in [0.05, 0.1) is 25.9 Å². The number of rotatable bonds is 6. The first-order valence-electron chi connectivity index (χ1n) is 6.82. The molecule has 21 heavy (non-hydrogen) atoms. The van der Waals surface area contributed by atoms with Gasteiger partial charge in [-0.2, -0.15) is 0 Å². The third-order valence-corrected chi connectivity index (χ3v) is 3.14. The van der Waals surface area contributed by atoms with Gasteiger partial charge in [0.1, 0.15) is 5.69 Å². The highest BCUT2D eigenvalue weighted by molar-refractivity contribution is 5.51. The molecule has 3 aromatic rings. The summed E-state index contributed by atoms with van der Waals surface area (Å²) in [4.78, 5) is 0. The maximum Gasteiger partial charge on any atom is 0.102 e. The van der Waals surface area contributed by atoms with Gasteiger partial charge in [-0.1, -0.05) is 11.3 Å². The average Bonchev–Trinajstić information content (AvgIpc) is 3.18. The molecule has 0 saturated carbocycles. The van der Waals surface area contributed by atoms with E-state index in [1.807, 2.05) is 42.9 Å². The van der Waals surface area contributed by atoms with Crippen LogP contribution >= 0.6 is 0 Å². The lowest BCUT2D eigenvalue weighted by Gasteiger charge is -2.08.